The maximum absolute atomic E-state index is 15.2. The van der Waals surface area contributed by atoms with Crippen LogP contribution in [0.4, 0.5) is 17.6 Å². The van der Waals surface area contributed by atoms with Crippen molar-refractivity contribution in [3.05, 3.63) is 64.4 Å². The molecule has 0 radical (unpaired) electrons. The summed E-state index contributed by atoms with van der Waals surface area (Å²) in [6.45, 7) is 7.48. The summed E-state index contributed by atoms with van der Waals surface area (Å²) in [7, 11) is 0. The van der Waals surface area contributed by atoms with Gasteiger partial charge < -0.3 is 10.2 Å². The highest BCUT2D eigenvalue weighted by atomic mass is 19.2. The van der Waals surface area contributed by atoms with Gasteiger partial charge in [0.15, 0.2) is 29.0 Å². The van der Waals surface area contributed by atoms with Crippen molar-refractivity contribution in [2.45, 2.75) is 40.0 Å². The number of carbonyl (C=O) groups is 2. The molecule has 0 spiro atoms. The number of carboxylic acids is 1. The van der Waals surface area contributed by atoms with Crippen molar-refractivity contribution in [2.24, 2.45) is 5.41 Å². The second-order valence-electron chi connectivity index (χ2n) is 8.83. The van der Waals surface area contributed by atoms with Crippen LogP contribution in [0.1, 0.15) is 49.3 Å². The minimum atomic E-state index is -1.79. The largest absolute Gasteiger partial charge is 0.503 e. The first-order valence-electron chi connectivity index (χ1n) is 9.60. The summed E-state index contributed by atoms with van der Waals surface area (Å²) in [5, 5.41) is 19.5. The Morgan fingerprint density at radius 3 is 2.03 bits per heavy atom. The lowest BCUT2D eigenvalue weighted by Gasteiger charge is -2.39. The Balaban J connectivity index is 2.52. The number of halogens is 4. The molecule has 9 heteroatoms. The number of hydrogen-bond donors (Lipinski definition) is 2. The van der Waals surface area contributed by atoms with Crippen LogP contribution in [0.25, 0.3) is 10.9 Å². The van der Waals surface area contributed by atoms with Crippen LogP contribution in [0.5, 0.6) is 5.75 Å². The number of benzene rings is 2. The predicted octanol–water partition coefficient (Wildman–Crippen LogP) is 5.29. The summed E-state index contributed by atoms with van der Waals surface area (Å²) in [5.41, 5.74) is -3.67. The first-order valence-corrected chi connectivity index (χ1v) is 9.60. The molecular weight excluding hydrogens is 430 g/mol. The van der Waals surface area contributed by atoms with Crippen molar-refractivity contribution in [1.29, 1.82) is 0 Å². The second-order valence-corrected chi connectivity index (χ2v) is 8.83. The van der Waals surface area contributed by atoms with E-state index in [9.17, 15) is 33.0 Å². The second kappa shape index (κ2) is 7.36. The van der Waals surface area contributed by atoms with E-state index in [-0.39, 0.29) is 22.3 Å². The Morgan fingerprint density at radius 1 is 0.938 bits per heavy atom. The quantitative estimate of drug-likeness (QED) is 0.531. The minimum absolute atomic E-state index is 0.0431. The van der Waals surface area contributed by atoms with Crippen molar-refractivity contribution >= 4 is 22.8 Å². The van der Waals surface area contributed by atoms with Gasteiger partial charge >= 0.3 is 5.97 Å². The zero-order valence-corrected chi connectivity index (χ0v) is 18.0. The summed E-state index contributed by atoms with van der Waals surface area (Å²) in [4.78, 5) is 25.6. The number of rotatable bonds is 3. The highest BCUT2D eigenvalue weighted by molar-refractivity contribution is 6.06. The lowest BCUT2D eigenvalue weighted by Crippen LogP contribution is -2.45. The van der Waals surface area contributed by atoms with E-state index in [1.165, 1.54) is 13.8 Å². The fraction of sp³-hybridized carbons (Fsp3) is 0.304. The third-order valence-electron chi connectivity index (χ3n) is 6.16. The van der Waals surface area contributed by atoms with Crippen LogP contribution in [-0.2, 0) is 10.2 Å². The molecule has 1 aromatic heterocycles. The first-order chi connectivity index (χ1) is 14.6. The number of carbonyl (C=O) groups excluding carboxylic acids is 1. The van der Waals surface area contributed by atoms with Gasteiger partial charge in [0.25, 0.3) is 5.91 Å². The van der Waals surface area contributed by atoms with Gasteiger partial charge in [-0.05, 0) is 37.5 Å². The molecule has 0 bridgehead atoms. The van der Waals surface area contributed by atoms with Gasteiger partial charge in [-0.3, -0.25) is 14.2 Å². The fourth-order valence-electron chi connectivity index (χ4n) is 3.92. The van der Waals surface area contributed by atoms with Gasteiger partial charge in [-0.1, -0.05) is 20.8 Å². The topological polar surface area (TPSA) is 79.5 Å². The van der Waals surface area contributed by atoms with E-state index in [0.717, 1.165) is 16.7 Å². The Kier molecular flexibility index (Phi) is 5.36. The summed E-state index contributed by atoms with van der Waals surface area (Å²) < 4.78 is 57.3. The summed E-state index contributed by atoms with van der Waals surface area (Å²) >= 11 is 0. The zero-order chi connectivity index (χ0) is 24.3. The summed E-state index contributed by atoms with van der Waals surface area (Å²) in [5.74, 6) is -8.90. The monoisotopic (exact) mass is 451 g/mol. The molecule has 1 heterocycles. The smallest absolute Gasteiger partial charge is 0.314 e. The molecule has 2 N–H and O–H groups in total. The lowest BCUT2D eigenvalue weighted by atomic mass is 9.63. The lowest BCUT2D eigenvalue weighted by molar-refractivity contribution is -0.147. The van der Waals surface area contributed by atoms with Crippen molar-refractivity contribution in [1.82, 2.24) is 4.57 Å². The number of nitrogens with zero attached hydrogens (tertiary/aromatic N) is 1. The standard InChI is InChI=1S/C23H21F4NO4/c1-10-17(23(5,21(31)32)22(2,3)4)16-15(9-14(26)19(29)18(16)27)28(10)20(30)11-6-7-12(24)13(25)8-11/h6-9,29H,1-5H3,(H,31,32)/t23-/m1/s1. The number of aromatic nitrogens is 1. The number of fused-ring (bicyclic) bond motifs is 1. The van der Waals surface area contributed by atoms with Gasteiger partial charge in [-0.25, -0.2) is 17.6 Å². The van der Waals surface area contributed by atoms with Crippen LogP contribution >= 0.6 is 0 Å². The number of phenols is 1. The Morgan fingerprint density at radius 2 is 1.53 bits per heavy atom. The van der Waals surface area contributed by atoms with Crippen LogP contribution in [0.2, 0.25) is 0 Å². The number of phenolic OH excluding ortho intramolecular Hbond substituents is 1. The molecule has 0 unspecified atom stereocenters. The van der Waals surface area contributed by atoms with E-state index >= 15 is 4.39 Å². The van der Waals surface area contributed by atoms with E-state index in [2.05, 4.69) is 0 Å². The van der Waals surface area contributed by atoms with Crippen molar-refractivity contribution in [3.63, 3.8) is 0 Å². The fourth-order valence-corrected chi connectivity index (χ4v) is 3.92. The molecule has 170 valence electrons. The number of carboxylic acid groups (broad SMARTS) is 1. The first kappa shape index (κ1) is 23.3. The van der Waals surface area contributed by atoms with Gasteiger partial charge in [-0.2, -0.15) is 0 Å². The highest BCUT2D eigenvalue weighted by Gasteiger charge is 2.50. The number of hydrogen-bond acceptors (Lipinski definition) is 3. The van der Waals surface area contributed by atoms with Gasteiger partial charge in [0.05, 0.1) is 10.9 Å². The molecule has 0 amide bonds. The molecule has 0 fully saturated rings. The maximum Gasteiger partial charge on any atom is 0.314 e. The molecule has 0 aliphatic carbocycles. The third-order valence-corrected chi connectivity index (χ3v) is 6.16. The minimum Gasteiger partial charge on any atom is -0.503 e. The van der Waals surface area contributed by atoms with E-state index < -0.39 is 57.1 Å². The van der Waals surface area contributed by atoms with Gasteiger partial charge in [-0.15, -0.1) is 0 Å². The number of aromatic hydroxyl groups is 1. The molecule has 1 atom stereocenters. The molecule has 0 aliphatic rings. The van der Waals surface area contributed by atoms with Crippen LogP contribution in [-0.4, -0.2) is 26.7 Å². The third kappa shape index (κ3) is 3.14. The van der Waals surface area contributed by atoms with E-state index in [4.69, 9.17) is 0 Å². The van der Waals surface area contributed by atoms with Gasteiger partial charge in [0.2, 0.25) is 0 Å². The molecule has 32 heavy (non-hydrogen) atoms. The van der Waals surface area contributed by atoms with Crippen molar-refractivity contribution < 1.29 is 37.4 Å². The van der Waals surface area contributed by atoms with Crippen molar-refractivity contribution in [2.75, 3.05) is 0 Å². The molecule has 0 saturated carbocycles. The molecule has 3 rings (SSSR count). The number of aliphatic carboxylic acids is 1. The molecule has 3 aromatic rings. The molecule has 5 nitrogen and oxygen atoms in total. The Hall–Kier alpha value is -3.36. The Bertz CT molecular complexity index is 1290. The molecule has 0 aliphatic heterocycles. The molecular formula is C23H21F4NO4. The average molecular weight is 451 g/mol. The van der Waals surface area contributed by atoms with Gasteiger partial charge in [0.1, 0.15) is 0 Å². The van der Waals surface area contributed by atoms with E-state index in [1.54, 1.807) is 20.8 Å². The predicted molar refractivity (Wildman–Crippen MR) is 109 cm³/mol. The van der Waals surface area contributed by atoms with Crippen LogP contribution < -0.4 is 0 Å². The van der Waals surface area contributed by atoms with E-state index in [0.29, 0.717) is 12.1 Å². The van der Waals surface area contributed by atoms with Crippen LogP contribution in [0, 0.1) is 35.6 Å². The van der Waals surface area contributed by atoms with Gasteiger partial charge in [0, 0.05) is 28.3 Å². The highest BCUT2D eigenvalue weighted by Crippen LogP contribution is 2.48. The maximum atomic E-state index is 15.2. The molecule has 0 saturated heterocycles. The zero-order valence-electron chi connectivity index (χ0n) is 18.0. The normalized spacial score (nSPS) is 13.9. The van der Waals surface area contributed by atoms with E-state index in [1.807, 2.05) is 0 Å². The summed E-state index contributed by atoms with van der Waals surface area (Å²) in [6, 6.07) is 3.07. The van der Waals surface area contributed by atoms with Crippen molar-refractivity contribution in [3.8, 4) is 5.75 Å². The SMILES string of the molecule is Cc1c([C@](C)(C(=O)O)C(C)(C)C)c2c(F)c(O)c(F)cc2n1C(=O)c1ccc(F)c(F)c1. The average Bonchev–Trinajstić information content (AvgIpc) is 2.98. The molecule has 2 aromatic carbocycles. The van der Waals surface area contributed by atoms with Crippen LogP contribution in [0.15, 0.2) is 24.3 Å². The Labute approximate surface area is 180 Å². The summed E-state index contributed by atoms with van der Waals surface area (Å²) in [6.07, 6.45) is 0. The van der Waals surface area contributed by atoms with Crippen LogP contribution in [0.3, 0.4) is 0 Å².